The van der Waals surface area contributed by atoms with Crippen molar-refractivity contribution in [3.8, 4) is 0 Å². The lowest BCUT2D eigenvalue weighted by atomic mass is 10.1. The van der Waals surface area contributed by atoms with E-state index in [1.165, 1.54) is 11.3 Å². The zero-order chi connectivity index (χ0) is 12.3. The Morgan fingerprint density at radius 2 is 2.12 bits per heavy atom. The molecule has 0 aliphatic rings. The summed E-state index contributed by atoms with van der Waals surface area (Å²) < 4.78 is 0. The molecular formula is C11H16N2O2S. The monoisotopic (exact) mass is 240 g/mol. The average Bonchev–Trinajstić information content (AvgIpc) is 2.44. The summed E-state index contributed by atoms with van der Waals surface area (Å²) in [6, 6.07) is 1.69. The van der Waals surface area contributed by atoms with Crippen molar-refractivity contribution in [1.29, 1.82) is 0 Å². The number of amides is 2. The summed E-state index contributed by atoms with van der Waals surface area (Å²) in [5.41, 5.74) is 5.61. The minimum atomic E-state index is -0.510. The summed E-state index contributed by atoms with van der Waals surface area (Å²) >= 11 is 1.37. The molecule has 5 heteroatoms. The molecule has 0 radical (unpaired) electrons. The van der Waals surface area contributed by atoms with Gasteiger partial charge in [0.15, 0.2) is 0 Å². The first kappa shape index (κ1) is 12.7. The predicted octanol–water partition coefficient (Wildman–Crippen LogP) is 2.14. The van der Waals surface area contributed by atoms with Crippen LogP contribution in [0.3, 0.4) is 0 Å². The lowest BCUT2D eigenvalue weighted by Crippen LogP contribution is -2.17. The smallest absolute Gasteiger partial charge is 0.251 e. The first-order valence-electron chi connectivity index (χ1n) is 5.10. The molecule has 0 bridgehead atoms. The van der Waals surface area contributed by atoms with Gasteiger partial charge in [-0.2, -0.15) is 0 Å². The van der Waals surface area contributed by atoms with E-state index in [1.54, 1.807) is 6.07 Å². The van der Waals surface area contributed by atoms with E-state index < -0.39 is 5.91 Å². The van der Waals surface area contributed by atoms with E-state index in [0.29, 0.717) is 17.0 Å². The van der Waals surface area contributed by atoms with E-state index in [2.05, 4.69) is 5.32 Å². The fraction of sp³-hybridized carbons (Fsp3) is 0.455. The highest BCUT2D eigenvalue weighted by Crippen LogP contribution is 2.27. The summed E-state index contributed by atoms with van der Waals surface area (Å²) in [4.78, 5) is 23.6. The predicted molar refractivity (Wildman–Crippen MR) is 65.7 cm³/mol. The van der Waals surface area contributed by atoms with Crippen molar-refractivity contribution in [3.05, 3.63) is 16.5 Å². The molecule has 2 amide bonds. The molecule has 0 saturated heterocycles. The van der Waals surface area contributed by atoms with E-state index in [9.17, 15) is 9.59 Å². The second-order valence-corrected chi connectivity index (χ2v) is 5.37. The molecular weight excluding hydrogens is 224 g/mol. The van der Waals surface area contributed by atoms with Gasteiger partial charge in [0.05, 0.1) is 5.56 Å². The summed E-state index contributed by atoms with van der Waals surface area (Å²) in [5, 5.41) is 3.27. The molecule has 4 nitrogen and oxygen atoms in total. The molecule has 0 aliphatic carbocycles. The van der Waals surface area contributed by atoms with Crippen LogP contribution in [0.15, 0.2) is 6.07 Å². The van der Waals surface area contributed by atoms with Crippen molar-refractivity contribution in [3.63, 3.8) is 0 Å². The van der Waals surface area contributed by atoms with Crippen LogP contribution in [0.2, 0.25) is 0 Å². The molecule has 0 spiro atoms. The summed E-state index contributed by atoms with van der Waals surface area (Å²) in [6.07, 6.45) is 0.440. The highest BCUT2D eigenvalue weighted by Gasteiger charge is 2.14. The maximum Gasteiger partial charge on any atom is 0.251 e. The molecule has 88 valence electrons. The summed E-state index contributed by atoms with van der Waals surface area (Å²) in [7, 11) is 0. The van der Waals surface area contributed by atoms with Crippen molar-refractivity contribution in [2.45, 2.75) is 27.2 Å². The second-order valence-electron chi connectivity index (χ2n) is 4.11. The van der Waals surface area contributed by atoms with Crippen LogP contribution in [0, 0.1) is 12.8 Å². The van der Waals surface area contributed by atoms with Crippen molar-refractivity contribution < 1.29 is 9.59 Å². The van der Waals surface area contributed by atoms with Gasteiger partial charge in [-0.15, -0.1) is 11.3 Å². The Kier molecular flexibility index (Phi) is 4.06. The van der Waals surface area contributed by atoms with Crippen molar-refractivity contribution in [2.75, 3.05) is 5.32 Å². The molecule has 0 fully saturated rings. The lowest BCUT2D eigenvalue weighted by Gasteiger charge is -2.06. The SMILES string of the molecule is Cc1cc(C(N)=O)c(NC(=O)CC(C)C)s1. The largest absolute Gasteiger partial charge is 0.366 e. The van der Waals surface area contributed by atoms with E-state index in [-0.39, 0.29) is 11.8 Å². The Morgan fingerprint density at radius 1 is 1.50 bits per heavy atom. The highest BCUT2D eigenvalue weighted by atomic mass is 32.1. The lowest BCUT2D eigenvalue weighted by molar-refractivity contribution is -0.116. The number of anilines is 1. The molecule has 0 unspecified atom stereocenters. The summed E-state index contributed by atoms with van der Waals surface area (Å²) in [6.45, 7) is 5.80. The maximum atomic E-state index is 11.6. The third-order valence-corrected chi connectivity index (χ3v) is 2.93. The van der Waals surface area contributed by atoms with Crippen LogP contribution in [0.1, 0.15) is 35.5 Å². The van der Waals surface area contributed by atoms with Crippen molar-refractivity contribution in [1.82, 2.24) is 0 Å². The quantitative estimate of drug-likeness (QED) is 0.846. The number of hydrogen-bond acceptors (Lipinski definition) is 3. The molecule has 3 N–H and O–H groups in total. The molecule has 1 heterocycles. The van der Waals surface area contributed by atoms with Crippen LogP contribution in [-0.2, 0) is 4.79 Å². The Labute approximate surface area is 98.8 Å². The third-order valence-electron chi connectivity index (χ3n) is 1.97. The Balaban J connectivity index is 2.80. The van der Waals surface area contributed by atoms with E-state index in [0.717, 1.165) is 4.88 Å². The number of carbonyl (C=O) groups is 2. The van der Waals surface area contributed by atoms with Crippen LogP contribution in [0.5, 0.6) is 0 Å². The zero-order valence-electron chi connectivity index (χ0n) is 9.66. The molecule has 0 aliphatic heterocycles. The van der Waals surface area contributed by atoms with Crippen molar-refractivity contribution >= 4 is 28.2 Å². The highest BCUT2D eigenvalue weighted by molar-refractivity contribution is 7.16. The van der Waals surface area contributed by atoms with Crippen LogP contribution in [-0.4, -0.2) is 11.8 Å². The number of nitrogens with one attached hydrogen (secondary N) is 1. The fourth-order valence-corrected chi connectivity index (χ4v) is 2.27. The van der Waals surface area contributed by atoms with Gasteiger partial charge in [0.1, 0.15) is 5.00 Å². The van der Waals surface area contributed by atoms with Crippen LogP contribution >= 0.6 is 11.3 Å². The van der Waals surface area contributed by atoms with Gasteiger partial charge in [-0.1, -0.05) is 13.8 Å². The number of hydrogen-bond donors (Lipinski definition) is 2. The molecule has 1 aromatic heterocycles. The van der Waals surface area contributed by atoms with Gasteiger partial charge in [0, 0.05) is 11.3 Å². The normalized spacial score (nSPS) is 10.5. The third kappa shape index (κ3) is 3.34. The van der Waals surface area contributed by atoms with Gasteiger partial charge in [-0.05, 0) is 18.9 Å². The Bertz CT molecular complexity index is 410. The fourth-order valence-electron chi connectivity index (χ4n) is 1.34. The van der Waals surface area contributed by atoms with Gasteiger partial charge in [-0.25, -0.2) is 0 Å². The van der Waals surface area contributed by atoms with Gasteiger partial charge < -0.3 is 11.1 Å². The number of nitrogens with two attached hydrogens (primary N) is 1. The number of thiophene rings is 1. The first-order chi connectivity index (χ1) is 7.40. The van der Waals surface area contributed by atoms with Gasteiger partial charge in [-0.3, -0.25) is 9.59 Å². The number of primary amides is 1. The van der Waals surface area contributed by atoms with E-state index in [1.807, 2.05) is 20.8 Å². The topological polar surface area (TPSA) is 72.2 Å². The Morgan fingerprint density at radius 3 is 2.62 bits per heavy atom. The molecule has 16 heavy (non-hydrogen) atoms. The van der Waals surface area contributed by atoms with Gasteiger partial charge in [0.25, 0.3) is 5.91 Å². The molecule has 0 atom stereocenters. The molecule has 0 saturated carbocycles. The molecule has 1 aromatic rings. The first-order valence-corrected chi connectivity index (χ1v) is 5.92. The minimum absolute atomic E-state index is 0.0839. The minimum Gasteiger partial charge on any atom is -0.366 e. The average molecular weight is 240 g/mol. The number of carbonyl (C=O) groups excluding carboxylic acids is 2. The standard InChI is InChI=1S/C11H16N2O2S/c1-6(2)4-9(14)13-11-8(10(12)15)5-7(3)16-11/h5-6H,4H2,1-3H3,(H2,12,15)(H,13,14). The zero-order valence-corrected chi connectivity index (χ0v) is 10.5. The van der Waals surface area contributed by atoms with Gasteiger partial charge in [0.2, 0.25) is 5.91 Å². The van der Waals surface area contributed by atoms with Crippen LogP contribution in [0.4, 0.5) is 5.00 Å². The number of aryl methyl sites for hydroxylation is 1. The van der Waals surface area contributed by atoms with Gasteiger partial charge >= 0.3 is 0 Å². The number of rotatable bonds is 4. The molecule has 0 aromatic carbocycles. The van der Waals surface area contributed by atoms with Crippen LogP contribution < -0.4 is 11.1 Å². The Hall–Kier alpha value is -1.36. The van der Waals surface area contributed by atoms with Crippen LogP contribution in [0.25, 0.3) is 0 Å². The molecule has 1 rings (SSSR count). The summed E-state index contributed by atoms with van der Waals surface area (Å²) in [5.74, 6) is -0.304. The maximum absolute atomic E-state index is 11.6. The van der Waals surface area contributed by atoms with E-state index in [4.69, 9.17) is 5.73 Å². The van der Waals surface area contributed by atoms with E-state index >= 15 is 0 Å². The second kappa shape index (κ2) is 5.12. The van der Waals surface area contributed by atoms with Crippen molar-refractivity contribution in [2.24, 2.45) is 11.7 Å².